The third-order valence-corrected chi connectivity index (χ3v) is 6.68. The average Bonchev–Trinajstić information content (AvgIpc) is 3.04. The Kier molecular flexibility index (Phi) is 6.59. The molecule has 5 heteroatoms. The van der Waals surface area contributed by atoms with Gasteiger partial charge in [-0.3, -0.25) is 9.59 Å². The highest BCUT2D eigenvalue weighted by Gasteiger charge is 2.44. The van der Waals surface area contributed by atoms with Gasteiger partial charge in [0.1, 0.15) is 11.4 Å². The average molecular weight is 447 g/mol. The number of anilines is 1. The van der Waals surface area contributed by atoms with Crippen LogP contribution in [0.3, 0.4) is 0 Å². The molecule has 2 atom stereocenters. The van der Waals surface area contributed by atoms with E-state index in [0.717, 1.165) is 48.4 Å². The zero-order valence-corrected chi connectivity index (χ0v) is 20.4. The number of nitrogens with zero attached hydrogens (tertiary/aromatic N) is 2. The van der Waals surface area contributed by atoms with Crippen molar-refractivity contribution in [2.75, 3.05) is 24.6 Å². The lowest BCUT2D eigenvalue weighted by molar-refractivity contribution is -0.120. The van der Waals surface area contributed by atoms with Crippen molar-refractivity contribution in [3.8, 4) is 5.75 Å². The van der Waals surface area contributed by atoms with Gasteiger partial charge in [-0.15, -0.1) is 0 Å². The number of ether oxygens (including phenoxy) is 1. The van der Waals surface area contributed by atoms with Gasteiger partial charge in [0.25, 0.3) is 11.8 Å². The smallest absolute Gasteiger partial charge is 0.282 e. The second-order valence-electron chi connectivity index (χ2n) is 9.61. The highest BCUT2D eigenvalue weighted by atomic mass is 16.5. The molecule has 1 saturated heterocycles. The molecule has 0 bridgehead atoms. The lowest BCUT2D eigenvalue weighted by Gasteiger charge is -2.37. The van der Waals surface area contributed by atoms with E-state index in [4.69, 9.17) is 4.74 Å². The highest BCUT2D eigenvalue weighted by Crippen LogP contribution is 2.38. The summed E-state index contributed by atoms with van der Waals surface area (Å²) in [6.45, 7) is 12.7. The fraction of sp³-hybridized carbons (Fsp3) is 0.429. The van der Waals surface area contributed by atoms with Crippen molar-refractivity contribution in [2.24, 2.45) is 11.8 Å². The number of rotatable bonds is 6. The predicted octanol–water partition coefficient (Wildman–Crippen LogP) is 5.35. The number of carbonyl (C=O) groups excluding carboxylic acids is 2. The zero-order valence-electron chi connectivity index (χ0n) is 20.4. The Labute approximate surface area is 197 Å². The van der Waals surface area contributed by atoms with Crippen molar-refractivity contribution in [2.45, 2.75) is 47.5 Å². The third kappa shape index (κ3) is 4.41. The van der Waals surface area contributed by atoms with Gasteiger partial charge in [-0.05, 0) is 73.4 Å². The largest absolute Gasteiger partial charge is 0.494 e. The van der Waals surface area contributed by atoms with E-state index in [1.165, 1.54) is 4.90 Å². The van der Waals surface area contributed by atoms with Crippen molar-refractivity contribution < 1.29 is 14.3 Å². The molecule has 4 rings (SSSR count). The maximum absolute atomic E-state index is 13.9. The van der Waals surface area contributed by atoms with Gasteiger partial charge in [0, 0.05) is 13.1 Å². The minimum Gasteiger partial charge on any atom is -0.494 e. The Morgan fingerprint density at radius 1 is 0.939 bits per heavy atom. The summed E-state index contributed by atoms with van der Waals surface area (Å²) in [6.07, 6.45) is 2.06. The Hall–Kier alpha value is -3.08. The van der Waals surface area contributed by atoms with Crippen LogP contribution < -0.4 is 9.64 Å². The Morgan fingerprint density at radius 2 is 1.61 bits per heavy atom. The molecule has 174 valence electrons. The fourth-order valence-corrected chi connectivity index (χ4v) is 5.05. The first kappa shape index (κ1) is 23.1. The molecule has 1 fully saturated rings. The van der Waals surface area contributed by atoms with E-state index >= 15 is 0 Å². The Balaban J connectivity index is 1.80. The molecule has 0 saturated carbocycles. The van der Waals surface area contributed by atoms with Gasteiger partial charge in [0.2, 0.25) is 0 Å². The standard InChI is InChI=1S/C28H34N2O3/c1-6-14-33-23-12-10-22(11-13-23)25-26(29-16-18(2)15-19(3)17-29)28(32)30(27(25)31)24-9-7-8-20(4)21(24)5/h7-13,18-19H,6,14-17H2,1-5H3. The lowest BCUT2D eigenvalue weighted by Crippen LogP contribution is -2.42. The zero-order chi connectivity index (χ0) is 23.7. The van der Waals surface area contributed by atoms with E-state index in [1.807, 2.05) is 56.3 Å². The molecular weight excluding hydrogens is 412 g/mol. The minimum absolute atomic E-state index is 0.226. The van der Waals surface area contributed by atoms with Gasteiger partial charge >= 0.3 is 0 Å². The number of amides is 2. The molecule has 2 aromatic carbocycles. The van der Waals surface area contributed by atoms with Crippen molar-refractivity contribution >= 4 is 23.1 Å². The van der Waals surface area contributed by atoms with Crippen molar-refractivity contribution in [3.63, 3.8) is 0 Å². The van der Waals surface area contributed by atoms with Crippen LogP contribution in [0.2, 0.25) is 0 Å². The maximum atomic E-state index is 13.9. The first-order valence-corrected chi connectivity index (χ1v) is 12.0. The number of benzene rings is 2. The summed E-state index contributed by atoms with van der Waals surface area (Å²) in [6, 6.07) is 13.3. The van der Waals surface area contributed by atoms with Crippen LogP contribution in [0.25, 0.3) is 5.57 Å². The molecular formula is C28H34N2O3. The molecule has 33 heavy (non-hydrogen) atoms. The van der Waals surface area contributed by atoms with E-state index < -0.39 is 0 Å². The molecule has 0 spiro atoms. The monoisotopic (exact) mass is 446 g/mol. The molecule has 2 aliphatic rings. The highest BCUT2D eigenvalue weighted by molar-refractivity contribution is 6.45. The van der Waals surface area contributed by atoms with Gasteiger partial charge in [0.05, 0.1) is 17.9 Å². The molecule has 2 heterocycles. The molecule has 0 radical (unpaired) electrons. The summed E-state index contributed by atoms with van der Waals surface area (Å²) in [5, 5.41) is 0. The van der Waals surface area contributed by atoms with Crippen LogP contribution in [-0.4, -0.2) is 36.4 Å². The second-order valence-corrected chi connectivity index (χ2v) is 9.61. The second kappa shape index (κ2) is 9.42. The number of hydrogen-bond acceptors (Lipinski definition) is 4. The SMILES string of the molecule is CCCOc1ccc(C2=C(N3CC(C)CC(C)C3)C(=O)N(c3cccc(C)c3C)C2=O)cc1. The Morgan fingerprint density at radius 3 is 2.24 bits per heavy atom. The van der Waals surface area contributed by atoms with E-state index in [1.54, 1.807) is 0 Å². The van der Waals surface area contributed by atoms with E-state index in [2.05, 4.69) is 25.7 Å². The summed E-state index contributed by atoms with van der Waals surface area (Å²) < 4.78 is 5.72. The van der Waals surface area contributed by atoms with Crippen LogP contribution in [0, 0.1) is 25.7 Å². The lowest BCUT2D eigenvalue weighted by atomic mass is 9.91. The molecule has 2 aromatic rings. The van der Waals surface area contributed by atoms with Crippen LogP contribution in [-0.2, 0) is 9.59 Å². The van der Waals surface area contributed by atoms with Crippen molar-refractivity contribution in [3.05, 3.63) is 64.9 Å². The number of piperidine rings is 1. The number of imide groups is 1. The van der Waals surface area contributed by atoms with E-state index in [-0.39, 0.29) is 11.8 Å². The molecule has 5 nitrogen and oxygen atoms in total. The molecule has 0 aliphatic carbocycles. The predicted molar refractivity (Wildman–Crippen MR) is 132 cm³/mol. The number of hydrogen-bond donors (Lipinski definition) is 0. The molecule has 2 amide bonds. The summed E-state index contributed by atoms with van der Waals surface area (Å²) in [5.41, 5.74) is 4.44. The van der Waals surface area contributed by atoms with Gasteiger partial charge in [-0.25, -0.2) is 4.90 Å². The van der Waals surface area contributed by atoms with Gasteiger partial charge < -0.3 is 9.64 Å². The molecule has 0 N–H and O–H groups in total. The summed E-state index contributed by atoms with van der Waals surface area (Å²) in [4.78, 5) is 31.2. The van der Waals surface area contributed by atoms with Crippen molar-refractivity contribution in [1.29, 1.82) is 0 Å². The number of aryl methyl sites for hydroxylation is 1. The van der Waals surface area contributed by atoms with E-state index in [0.29, 0.717) is 35.4 Å². The first-order chi connectivity index (χ1) is 15.8. The normalized spacial score (nSPS) is 21.2. The molecule has 0 aromatic heterocycles. The minimum atomic E-state index is -0.253. The molecule has 2 aliphatic heterocycles. The van der Waals surface area contributed by atoms with Crippen LogP contribution in [0.1, 0.15) is 50.3 Å². The topological polar surface area (TPSA) is 49.9 Å². The fourth-order valence-electron chi connectivity index (χ4n) is 5.05. The maximum Gasteiger partial charge on any atom is 0.282 e. The number of carbonyl (C=O) groups is 2. The third-order valence-electron chi connectivity index (χ3n) is 6.68. The van der Waals surface area contributed by atoms with E-state index in [9.17, 15) is 9.59 Å². The van der Waals surface area contributed by atoms with Crippen LogP contribution >= 0.6 is 0 Å². The van der Waals surface area contributed by atoms with Gasteiger partial charge in [-0.1, -0.05) is 45.0 Å². The van der Waals surface area contributed by atoms with Crippen LogP contribution in [0.15, 0.2) is 48.2 Å². The Bertz CT molecular complexity index is 1080. The van der Waals surface area contributed by atoms with Gasteiger partial charge in [-0.2, -0.15) is 0 Å². The van der Waals surface area contributed by atoms with Crippen LogP contribution in [0.4, 0.5) is 5.69 Å². The number of likely N-dealkylation sites (tertiary alicyclic amines) is 1. The van der Waals surface area contributed by atoms with Crippen LogP contribution in [0.5, 0.6) is 5.75 Å². The van der Waals surface area contributed by atoms with Gasteiger partial charge in [0.15, 0.2) is 0 Å². The molecule has 2 unspecified atom stereocenters. The summed E-state index contributed by atoms with van der Waals surface area (Å²) in [7, 11) is 0. The summed E-state index contributed by atoms with van der Waals surface area (Å²) in [5.74, 6) is 1.22. The van der Waals surface area contributed by atoms with Crippen molar-refractivity contribution in [1.82, 2.24) is 4.90 Å². The first-order valence-electron chi connectivity index (χ1n) is 12.0. The quantitative estimate of drug-likeness (QED) is 0.561. The summed E-state index contributed by atoms with van der Waals surface area (Å²) >= 11 is 0.